The maximum absolute atomic E-state index is 12.9. The second-order valence-electron chi connectivity index (χ2n) is 11.4. The third-order valence-corrected chi connectivity index (χ3v) is 8.18. The molecule has 230 valence electrons. The number of allylic oxidation sites excluding steroid dienone is 1. The van der Waals surface area contributed by atoms with Gasteiger partial charge >= 0.3 is 6.18 Å². The number of nitrogens with one attached hydrogen (secondary N) is 2. The van der Waals surface area contributed by atoms with Gasteiger partial charge in [0.1, 0.15) is 29.5 Å². The molecule has 0 saturated heterocycles. The average Bonchev–Trinajstić information content (AvgIpc) is 3.77. The van der Waals surface area contributed by atoms with Crippen LogP contribution in [0.1, 0.15) is 60.5 Å². The monoisotopic (exact) mass is 614 g/mol. The number of nitrogens with two attached hydrogens (primary N) is 1. The van der Waals surface area contributed by atoms with Gasteiger partial charge in [0.25, 0.3) is 11.8 Å². The number of benzene rings is 2. The number of amides is 2. The van der Waals surface area contributed by atoms with Crippen molar-refractivity contribution in [2.24, 2.45) is 5.92 Å². The number of nitrogen functional groups attached to an aromatic ring is 1. The highest BCUT2D eigenvalue weighted by molar-refractivity contribution is 6.04. The van der Waals surface area contributed by atoms with Crippen LogP contribution in [0.25, 0.3) is 22.3 Å². The first kappa shape index (κ1) is 29.8. The Labute approximate surface area is 256 Å². The van der Waals surface area contributed by atoms with Crippen molar-refractivity contribution in [2.45, 2.75) is 56.8 Å². The Hall–Kier alpha value is -5.25. The van der Waals surface area contributed by atoms with Gasteiger partial charge in [-0.15, -0.1) is 0 Å². The van der Waals surface area contributed by atoms with Crippen molar-refractivity contribution in [1.29, 1.82) is 5.26 Å². The van der Waals surface area contributed by atoms with Crippen LogP contribution in [0.3, 0.4) is 0 Å². The first-order valence-corrected chi connectivity index (χ1v) is 14.6. The molecule has 45 heavy (non-hydrogen) atoms. The summed E-state index contributed by atoms with van der Waals surface area (Å²) < 4.78 is 40.4. The van der Waals surface area contributed by atoms with Gasteiger partial charge in [0.05, 0.1) is 17.0 Å². The van der Waals surface area contributed by atoms with Gasteiger partial charge in [-0.05, 0) is 80.8 Å². The molecule has 2 heterocycles. The molecule has 0 atom stereocenters. The molecule has 0 radical (unpaired) electrons. The SMILES string of the molecule is N#CC(=CC1CC1)C(=O)N[C@H]1CC[C@H](n2nc(-c3ccc(NC(=O)c4ccc(C(F)(F)F)cc4)cc3)c3c(N)ncnc32)CC1. The van der Waals surface area contributed by atoms with Crippen LogP contribution >= 0.6 is 0 Å². The van der Waals surface area contributed by atoms with Gasteiger partial charge in [-0.25, -0.2) is 14.6 Å². The molecule has 2 aliphatic carbocycles. The molecule has 2 aliphatic rings. The molecule has 2 aromatic carbocycles. The van der Waals surface area contributed by atoms with E-state index < -0.39 is 17.6 Å². The van der Waals surface area contributed by atoms with E-state index in [9.17, 15) is 28.0 Å². The first-order chi connectivity index (χ1) is 21.6. The Balaban J connectivity index is 1.16. The topological polar surface area (TPSA) is 152 Å². The van der Waals surface area contributed by atoms with Crippen LogP contribution in [0.5, 0.6) is 0 Å². The maximum Gasteiger partial charge on any atom is 0.416 e. The van der Waals surface area contributed by atoms with Crippen LogP contribution in [0.2, 0.25) is 0 Å². The maximum atomic E-state index is 12.9. The van der Waals surface area contributed by atoms with Crippen molar-refractivity contribution in [1.82, 2.24) is 25.1 Å². The first-order valence-electron chi connectivity index (χ1n) is 14.6. The van der Waals surface area contributed by atoms with Crippen molar-refractivity contribution in [2.75, 3.05) is 11.1 Å². The number of hydrogen-bond acceptors (Lipinski definition) is 7. The summed E-state index contributed by atoms with van der Waals surface area (Å²) in [5, 5.41) is 20.6. The molecule has 4 aromatic rings. The number of alkyl halides is 3. The Morgan fingerprint density at radius 3 is 2.29 bits per heavy atom. The van der Waals surface area contributed by atoms with Gasteiger partial charge in [-0.1, -0.05) is 18.2 Å². The van der Waals surface area contributed by atoms with E-state index in [1.807, 2.05) is 10.8 Å². The molecule has 0 aliphatic heterocycles. The lowest BCUT2D eigenvalue weighted by Gasteiger charge is -2.29. The van der Waals surface area contributed by atoms with Crippen molar-refractivity contribution < 1.29 is 22.8 Å². The quantitative estimate of drug-likeness (QED) is 0.176. The summed E-state index contributed by atoms with van der Waals surface area (Å²) in [6.45, 7) is 0. The highest BCUT2D eigenvalue weighted by Crippen LogP contribution is 2.37. The van der Waals surface area contributed by atoms with Crippen molar-refractivity contribution >= 4 is 34.4 Å². The van der Waals surface area contributed by atoms with Crippen LogP contribution in [0.15, 0.2) is 66.5 Å². The normalized spacial score (nSPS) is 18.8. The zero-order valence-corrected chi connectivity index (χ0v) is 24.0. The number of carbonyl (C=O) groups excluding carboxylic acids is 2. The Morgan fingerprint density at radius 2 is 1.67 bits per heavy atom. The number of nitrogens with zero attached hydrogens (tertiary/aromatic N) is 5. The third-order valence-electron chi connectivity index (χ3n) is 8.18. The lowest BCUT2D eigenvalue weighted by molar-refractivity contribution is -0.137. The molecular weight excluding hydrogens is 585 g/mol. The van der Waals surface area contributed by atoms with E-state index >= 15 is 0 Å². The lowest BCUT2D eigenvalue weighted by atomic mass is 9.91. The molecule has 0 unspecified atom stereocenters. The minimum atomic E-state index is -4.48. The minimum Gasteiger partial charge on any atom is -0.383 e. The summed E-state index contributed by atoms with van der Waals surface area (Å²) >= 11 is 0. The molecule has 13 heteroatoms. The smallest absolute Gasteiger partial charge is 0.383 e. The van der Waals surface area contributed by atoms with E-state index in [0.717, 1.165) is 49.9 Å². The second-order valence-corrected chi connectivity index (χ2v) is 11.4. The summed E-state index contributed by atoms with van der Waals surface area (Å²) in [6, 6.07) is 12.8. The number of hydrogen-bond donors (Lipinski definition) is 3. The molecule has 0 bridgehead atoms. The Morgan fingerprint density at radius 1 is 0.978 bits per heavy atom. The van der Waals surface area contributed by atoms with E-state index in [4.69, 9.17) is 10.8 Å². The summed E-state index contributed by atoms with van der Waals surface area (Å²) in [4.78, 5) is 33.9. The van der Waals surface area contributed by atoms with Crippen LogP contribution in [0, 0.1) is 17.2 Å². The summed E-state index contributed by atoms with van der Waals surface area (Å²) in [5.41, 5.74) is 8.04. The van der Waals surface area contributed by atoms with E-state index in [2.05, 4.69) is 20.6 Å². The fourth-order valence-corrected chi connectivity index (χ4v) is 5.57. The lowest BCUT2D eigenvalue weighted by Crippen LogP contribution is -2.38. The molecule has 4 N–H and O–H groups in total. The van der Waals surface area contributed by atoms with Crippen LogP contribution in [0.4, 0.5) is 24.7 Å². The van der Waals surface area contributed by atoms with Gasteiger partial charge in [0, 0.05) is 22.9 Å². The minimum absolute atomic E-state index is 0.00319. The fourth-order valence-electron chi connectivity index (χ4n) is 5.57. The second kappa shape index (κ2) is 12.0. The van der Waals surface area contributed by atoms with Crippen molar-refractivity contribution in [3.63, 3.8) is 0 Å². The number of fused-ring (bicyclic) bond motifs is 1. The number of carbonyl (C=O) groups is 2. The van der Waals surface area contributed by atoms with Crippen LogP contribution in [-0.2, 0) is 11.0 Å². The number of nitriles is 1. The fraction of sp³-hybridized carbons (Fsp3) is 0.312. The van der Waals surface area contributed by atoms with E-state index in [1.165, 1.54) is 6.33 Å². The predicted molar refractivity (Wildman–Crippen MR) is 160 cm³/mol. The standard InChI is InChI=1S/C32H29F3N8O2/c33-32(34,35)22-7-3-20(4-8-22)30(44)40-23-9-5-19(6-10-23)27-26-28(37)38-17-39-29(26)43(42-27)25-13-11-24(12-14-25)41-31(45)21(16-36)15-18-1-2-18/h3-10,15,17-18,24-25H,1-2,11-14H2,(H,40,44)(H,41,45)(H2,37,38,39)/t24-,25-. The molecule has 6 rings (SSSR count). The zero-order chi connectivity index (χ0) is 31.7. The van der Waals surface area contributed by atoms with Gasteiger partial charge in [-0.2, -0.15) is 23.5 Å². The van der Waals surface area contributed by atoms with Gasteiger partial charge in [-0.3, -0.25) is 9.59 Å². The van der Waals surface area contributed by atoms with Crippen molar-refractivity contribution in [3.8, 4) is 17.3 Å². The molecule has 10 nitrogen and oxygen atoms in total. The molecule has 2 saturated carbocycles. The summed E-state index contributed by atoms with van der Waals surface area (Å²) in [6.07, 6.45) is 3.59. The predicted octanol–water partition coefficient (Wildman–Crippen LogP) is 5.81. The molecule has 2 fully saturated rings. The number of halogens is 3. The number of aromatic nitrogens is 4. The van der Waals surface area contributed by atoms with Crippen LogP contribution in [-0.4, -0.2) is 37.6 Å². The van der Waals surface area contributed by atoms with Gasteiger partial charge in [0.2, 0.25) is 0 Å². The van der Waals surface area contributed by atoms with Crippen LogP contribution < -0.4 is 16.4 Å². The summed E-state index contributed by atoms with van der Waals surface area (Å²) in [5.74, 6) is -0.258. The van der Waals surface area contributed by atoms with Gasteiger partial charge in [0.15, 0.2) is 5.65 Å². The third kappa shape index (κ3) is 6.50. The number of rotatable bonds is 7. The van der Waals surface area contributed by atoms with Crippen molar-refractivity contribution in [3.05, 3.63) is 77.6 Å². The summed E-state index contributed by atoms with van der Waals surface area (Å²) in [7, 11) is 0. The molecular formula is C32H29F3N8O2. The molecule has 0 spiro atoms. The number of anilines is 2. The largest absolute Gasteiger partial charge is 0.416 e. The van der Waals surface area contributed by atoms with E-state index in [0.29, 0.717) is 46.7 Å². The van der Waals surface area contributed by atoms with E-state index in [1.54, 1.807) is 30.3 Å². The Kier molecular flexibility index (Phi) is 7.97. The molecule has 2 aromatic heterocycles. The Bertz CT molecular complexity index is 1810. The zero-order valence-electron chi connectivity index (χ0n) is 24.0. The molecule has 2 amide bonds. The average molecular weight is 615 g/mol. The highest BCUT2D eigenvalue weighted by atomic mass is 19.4. The van der Waals surface area contributed by atoms with E-state index in [-0.39, 0.29) is 34.9 Å². The van der Waals surface area contributed by atoms with Gasteiger partial charge < -0.3 is 16.4 Å². The highest BCUT2D eigenvalue weighted by Gasteiger charge is 2.31.